The van der Waals surface area contributed by atoms with E-state index in [1.807, 2.05) is 18.3 Å². The smallest absolute Gasteiger partial charge is 0.214 e. The highest BCUT2D eigenvalue weighted by atomic mass is 16.5. The lowest BCUT2D eigenvalue weighted by molar-refractivity contribution is 0.0237. The summed E-state index contributed by atoms with van der Waals surface area (Å²) in [4.78, 5) is 4.39. The molecule has 0 spiro atoms. The monoisotopic (exact) mass is 324 g/mol. The van der Waals surface area contributed by atoms with Gasteiger partial charge < -0.3 is 15.2 Å². The average molecular weight is 324 g/mol. The van der Waals surface area contributed by atoms with Gasteiger partial charge in [0.15, 0.2) is 0 Å². The molecule has 2 aromatic rings. The summed E-state index contributed by atoms with van der Waals surface area (Å²) in [6.45, 7) is 3.67. The molecule has 2 N–H and O–H groups in total. The molecule has 0 saturated carbocycles. The van der Waals surface area contributed by atoms with E-state index in [1.54, 1.807) is 0 Å². The first-order chi connectivity index (χ1) is 11.7. The predicted molar refractivity (Wildman–Crippen MR) is 95.3 cm³/mol. The second-order valence-corrected chi connectivity index (χ2v) is 6.79. The van der Waals surface area contributed by atoms with Gasteiger partial charge >= 0.3 is 0 Å². The van der Waals surface area contributed by atoms with E-state index in [9.17, 15) is 0 Å². The molecular weight excluding hydrogens is 300 g/mol. The lowest BCUT2D eigenvalue weighted by Gasteiger charge is -2.23. The van der Waals surface area contributed by atoms with Gasteiger partial charge in [0.1, 0.15) is 6.10 Å². The largest absolute Gasteiger partial charge is 0.474 e. The van der Waals surface area contributed by atoms with Crippen molar-refractivity contribution in [2.24, 2.45) is 0 Å². The summed E-state index contributed by atoms with van der Waals surface area (Å²) >= 11 is 0. The molecule has 0 bridgehead atoms. The fourth-order valence-electron chi connectivity index (χ4n) is 3.91. The van der Waals surface area contributed by atoms with Gasteiger partial charge in [0.25, 0.3) is 0 Å². The van der Waals surface area contributed by atoms with E-state index in [2.05, 4.69) is 18.0 Å². The highest BCUT2D eigenvalue weighted by molar-refractivity contribution is 5.83. The third-order valence-electron chi connectivity index (χ3n) is 5.12. The Morgan fingerprint density at radius 2 is 2.04 bits per heavy atom. The van der Waals surface area contributed by atoms with Crippen molar-refractivity contribution >= 4 is 5.69 Å². The number of fused-ring (bicyclic) bond motifs is 1. The quantitative estimate of drug-likeness (QED) is 0.875. The number of ether oxygens (including phenoxy) is 2. The first-order valence-electron chi connectivity index (χ1n) is 8.84. The van der Waals surface area contributed by atoms with Crippen LogP contribution in [-0.2, 0) is 17.6 Å². The van der Waals surface area contributed by atoms with Crippen molar-refractivity contribution < 1.29 is 9.47 Å². The molecule has 4 nitrogen and oxygen atoms in total. The minimum atomic E-state index is 0.194. The Bertz CT molecular complexity index is 752. The molecule has 1 fully saturated rings. The van der Waals surface area contributed by atoms with Crippen LogP contribution in [0.5, 0.6) is 5.88 Å². The molecule has 1 aliphatic carbocycles. The molecular formula is C20H24N2O2. The molecule has 1 saturated heterocycles. The van der Waals surface area contributed by atoms with E-state index < -0.39 is 0 Å². The molecule has 0 atom stereocenters. The Kier molecular flexibility index (Phi) is 4.15. The molecule has 4 rings (SSSR count). The highest BCUT2D eigenvalue weighted by Gasteiger charge is 2.20. The molecule has 126 valence electrons. The fourth-order valence-corrected chi connectivity index (χ4v) is 3.91. The number of rotatable bonds is 3. The van der Waals surface area contributed by atoms with Gasteiger partial charge in [-0.05, 0) is 54.5 Å². The standard InChI is InChI=1S/C20H24N2O2/c1-13-11-14-3-2-4-17(14)20(21)19(13)15-5-8-22-18(12-15)24-16-6-9-23-10-7-16/h5,8,11-12,16H,2-4,6-7,9-10,21H2,1H3. The molecule has 0 amide bonds. The van der Waals surface area contributed by atoms with Crippen LogP contribution >= 0.6 is 0 Å². The second-order valence-electron chi connectivity index (χ2n) is 6.79. The lowest BCUT2D eigenvalue weighted by Crippen LogP contribution is -2.26. The number of nitrogen functional groups attached to an aromatic ring is 1. The molecule has 2 aliphatic rings. The molecule has 4 heteroatoms. The van der Waals surface area contributed by atoms with Crippen LogP contribution < -0.4 is 10.5 Å². The zero-order chi connectivity index (χ0) is 16.5. The zero-order valence-electron chi connectivity index (χ0n) is 14.2. The normalized spacial score (nSPS) is 17.7. The van der Waals surface area contributed by atoms with Gasteiger partial charge in [0.05, 0.1) is 13.2 Å². The Hall–Kier alpha value is -2.07. The Morgan fingerprint density at radius 3 is 2.88 bits per heavy atom. The SMILES string of the molecule is Cc1cc2c(c(N)c1-c1ccnc(OC3CCOCC3)c1)CCC2. The Balaban J connectivity index is 1.66. The van der Waals surface area contributed by atoms with Crippen LogP contribution in [0.25, 0.3) is 11.1 Å². The van der Waals surface area contributed by atoms with Crippen molar-refractivity contribution in [2.45, 2.75) is 45.1 Å². The Morgan fingerprint density at radius 1 is 1.21 bits per heavy atom. The highest BCUT2D eigenvalue weighted by Crippen LogP contribution is 2.38. The zero-order valence-corrected chi connectivity index (χ0v) is 14.2. The van der Waals surface area contributed by atoms with E-state index in [-0.39, 0.29) is 6.10 Å². The maximum absolute atomic E-state index is 6.52. The van der Waals surface area contributed by atoms with E-state index >= 15 is 0 Å². The first kappa shape index (κ1) is 15.5. The summed E-state index contributed by atoms with van der Waals surface area (Å²) in [5, 5.41) is 0. The number of hydrogen-bond donors (Lipinski definition) is 1. The fraction of sp³-hybridized carbons (Fsp3) is 0.450. The van der Waals surface area contributed by atoms with E-state index in [0.717, 1.165) is 55.7 Å². The van der Waals surface area contributed by atoms with Crippen molar-refractivity contribution in [2.75, 3.05) is 18.9 Å². The number of nitrogens with zero attached hydrogens (tertiary/aromatic N) is 1. The maximum atomic E-state index is 6.52. The van der Waals surface area contributed by atoms with Crippen LogP contribution in [0, 0.1) is 6.92 Å². The third-order valence-corrected chi connectivity index (χ3v) is 5.12. The van der Waals surface area contributed by atoms with Crippen LogP contribution in [0.15, 0.2) is 24.4 Å². The molecule has 0 unspecified atom stereocenters. The summed E-state index contributed by atoms with van der Waals surface area (Å²) in [6, 6.07) is 6.35. The number of benzene rings is 1. The Labute approximate surface area is 143 Å². The van der Waals surface area contributed by atoms with E-state index in [1.165, 1.54) is 23.1 Å². The van der Waals surface area contributed by atoms with Crippen molar-refractivity contribution in [1.82, 2.24) is 4.98 Å². The van der Waals surface area contributed by atoms with Crippen LogP contribution in [0.4, 0.5) is 5.69 Å². The molecule has 24 heavy (non-hydrogen) atoms. The second kappa shape index (κ2) is 6.44. The van der Waals surface area contributed by atoms with Gasteiger partial charge in [0, 0.05) is 36.4 Å². The van der Waals surface area contributed by atoms with Gasteiger partial charge in [-0.3, -0.25) is 0 Å². The van der Waals surface area contributed by atoms with Gasteiger partial charge in [-0.15, -0.1) is 0 Å². The molecule has 1 aliphatic heterocycles. The van der Waals surface area contributed by atoms with Gasteiger partial charge in [-0.25, -0.2) is 4.98 Å². The number of anilines is 1. The predicted octanol–water partition coefficient (Wildman–Crippen LogP) is 3.69. The summed E-state index contributed by atoms with van der Waals surface area (Å²) in [5.74, 6) is 0.679. The first-order valence-corrected chi connectivity index (χ1v) is 8.84. The van der Waals surface area contributed by atoms with Crippen molar-refractivity contribution in [3.63, 3.8) is 0 Å². The number of aromatic nitrogens is 1. The average Bonchev–Trinajstić information content (AvgIpc) is 3.05. The number of nitrogens with two attached hydrogens (primary N) is 1. The maximum Gasteiger partial charge on any atom is 0.214 e. The van der Waals surface area contributed by atoms with Crippen LogP contribution in [0.1, 0.15) is 36.0 Å². The topological polar surface area (TPSA) is 57.4 Å². The van der Waals surface area contributed by atoms with Gasteiger partial charge in [-0.1, -0.05) is 6.07 Å². The summed E-state index contributed by atoms with van der Waals surface area (Å²) in [6.07, 6.45) is 7.30. The van der Waals surface area contributed by atoms with Crippen LogP contribution in [0.2, 0.25) is 0 Å². The van der Waals surface area contributed by atoms with Crippen LogP contribution in [-0.4, -0.2) is 24.3 Å². The van der Waals surface area contributed by atoms with Gasteiger partial charge in [0.2, 0.25) is 5.88 Å². The molecule has 0 radical (unpaired) electrons. The van der Waals surface area contributed by atoms with E-state index in [4.69, 9.17) is 15.2 Å². The van der Waals surface area contributed by atoms with Crippen LogP contribution in [0.3, 0.4) is 0 Å². The summed E-state index contributed by atoms with van der Waals surface area (Å²) in [5.41, 5.74) is 13.7. The summed E-state index contributed by atoms with van der Waals surface area (Å²) < 4.78 is 11.4. The van der Waals surface area contributed by atoms with Crippen molar-refractivity contribution in [1.29, 1.82) is 0 Å². The number of aryl methyl sites for hydroxylation is 2. The van der Waals surface area contributed by atoms with E-state index in [0.29, 0.717) is 5.88 Å². The van der Waals surface area contributed by atoms with Gasteiger partial charge in [-0.2, -0.15) is 0 Å². The minimum Gasteiger partial charge on any atom is -0.474 e. The van der Waals surface area contributed by atoms with Crippen molar-refractivity contribution in [3.05, 3.63) is 41.1 Å². The molecule has 2 heterocycles. The molecule has 1 aromatic heterocycles. The number of pyridine rings is 1. The minimum absolute atomic E-state index is 0.194. The van der Waals surface area contributed by atoms with Crippen molar-refractivity contribution in [3.8, 4) is 17.0 Å². The number of hydrogen-bond acceptors (Lipinski definition) is 4. The lowest BCUT2D eigenvalue weighted by atomic mass is 9.93. The third kappa shape index (κ3) is 2.86. The molecule has 1 aromatic carbocycles. The summed E-state index contributed by atoms with van der Waals surface area (Å²) in [7, 11) is 0.